The van der Waals surface area contributed by atoms with Crippen molar-refractivity contribution in [2.75, 3.05) is 25.6 Å². The molecule has 1 atom stereocenters. The molecule has 0 bridgehead atoms. The lowest BCUT2D eigenvalue weighted by molar-refractivity contribution is -0.141. The summed E-state index contributed by atoms with van der Waals surface area (Å²) >= 11 is 6.12. The van der Waals surface area contributed by atoms with Gasteiger partial charge >= 0.3 is 12.1 Å². The number of carbonyl (C=O) groups excluding carboxylic acids is 3. The number of nitrogens with one attached hydrogen (secondary N) is 3. The zero-order chi connectivity index (χ0) is 25.0. The number of methoxy groups -OCH3 is 1. The number of nitrogens with zero attached hydrogens (tertiary/aromatic N) is 1. The van der Waals surface area contributed by atoms with E-state index in [4.69, 9.17) is 16.3 Å². The molecule has 1 aromatic heterocycles. The summed E-state index contributed by atoms with van der Waals surface area (Å²) in [6.07, 6.45) is 1.23. The Balaban J connectivity index is 1.50. The van der Waals surface area contributed by atoms with E-state index in [0.29, 0.717) is 17.4 Å². The summed E-state index contributed by atoms with van der Waals surface area (Å²) in [6.45, 7) is 0.303. The Morgan fingerprint density at radius 2 is 1.80 bits per heavy atom. The van der Waals surface area contributed by atoms with Crippen LogP contribution in [0.4, 0.5) is 10.6 Å². The Bertz CT molecular complexity index is 1170. The van der Waals surface area contributed by atoms with E-state index in [2.05, 4.69) is 25.7 Å². The smallest absolute Gasteiger partial charge is 0.412 e. The number of aromatic nitrogens is 1. The molecule has 0 spiro atoms. The highest BCUT2D eigenvalue weighted by Gasteiger charge is 2.17. The van der Waals surface area contributed by atoms with Gasteiger partial charge in [0.05, 0.1) is 19.7 Å². The van der Waals surface area contributed by atoms with Crippen LogP contribution in [0.1, 0.15) is 18.4 Å². The van der Waals surface area contributed by atoms with Crippen LogP contribution < -0.4 is 16.0 Å². The van der Waals surface area contributed by atoms with Crippen molar-refractivity contribution in [3.05, 3.63) is 71.4 Å². The number of hydrogen-bond acceptors (Lipinski definition) is 7. The lowest BCUT2D eigenvalue weighted by Gasteiger charge is -2.19. The van der Waals surface area contributed by atoms with Crippen LogP contribution in [0.5, 0.6) is 0 Å². The Hall–Kier alpha value is -3.69. The Kier molecular flexibility index (Phi) is 9.82. The maximum Gasteiger partial charge on any atom is 0.412 e. The van der Waals surface area contributed by atoms with Crippen LogP contribution in [-0.4, -0.2) is 49.3 Å². The van der Waals surface area contributed by atoms with Crippen molar-refractivity contribution >= 4 is 46.2 Å². The number of carbonyl (C=O) groups is 3. The van der Waals surface area contributed by atoms with E-state index < -0.39 is 18.1 Å². The normalized spacial score (nSPS) is 11.5. The minimum atomic E-state index is -0.720. The van der Waals surface area contributed by atoms with Crippen LogP contribution in [0.25, 0.3) is 10.8 Å². The van der Waals surface area contributed by atoms with Crippen LogP contribution in [0.2, 0.25) is 5.02 Å². The number of amides is 2. The molecular weight excluding hydrogens is 472 g/mol. The molecule has 0 aliphatic carbocycles. The summed E-state index contributed by atoms with van der Waals surface area (Å²) in [6, 6.07) is 16.1. The first-order valence-corrected chi connectivity index (χ1v) is 11.4. The van der Waals surface area contributed by atoms with Crippen LogP contribution in [0.3, 0.4) is 0 Å². The van der Waals surface area contributed by atoms with Gasteiger partial charge in [-0.05, 0) is 29.5 Å². The molecule has 1 heterocycles. The molecule has 3 N–H and O–H groups in total. The summed E-state index contributed by atoms with van der Waals surface area (Å²) in [4.78, 5) is 40.5. The van der Waals surface area contributed by atoms with Crippen molar-refractivity contribution in [3.8, 4) is 0 Å². The number of rotatable bonds is 11. The standard InChI is InChI=1S/C25H27ClN4O5/c1-34-24(32)11-10-20(29-23(31)15-27-13-19-8-4-5-9-21(19)26)16-35-25(33)30-22-12-17-6-2-3-7-18(17)14-28-22/h2-9,12,14,20,27H,10-11,13,15-16H2,1H3,(H,29,31)(H,28,30,33)/t20-/m0/s1. The first kappa shape index (κ1) is 25.9. The van der Waals surface area contributed by atoms with Crippen molar-refractivity contribution in [1.82, 2.24) is 15.6 Å². The SMILES string of the molecule is COC(=O)CC[C@@H](COC(=O)Nc1cc2ccccc2cn1)NC(=O)CNCc1ccccc1Cl. The highest BCUT2D eigenvalue weighted by molar-refractivity contribution is 6.31. The monoisotopic (exact) mass is 498 g/mol. The van der Waals surface area contributed by atoms with Crippen molar-refractivity contribution in [2.24, 2.45) is 0 Å². The fourth-order valence-electron chi connectivity index (χ4n) is 3.29. The Morgan fingerprint density at radius 1 is 1.06 bits per heavy atom. The lowest BCUT2D eigenvalue weighted by atomic mass is 10.1. The number of esters is 1. The second-order valence-electron chi connectivity index (χ2n) is 7.71. The fourth-order valence-corrected chi connectivity index (χ4v) is 3.49. The summed E-state index contributed by atoms with van der Waals surface area (Å²) < 4.78 is 9.95. The van der Waals surface area contributed by atoms with Crippen molar-refractivity contribution in [3.63, 3.8) is 0 Å². The predicted molar refractivity (Wildman–Crippen MR) is 133 cm³/mol. The maximum absolute atomic E-state index is 12.4. The number of halogens is 1. The molecule has 35 heavy (non-hydrogen) atoms. The van der Waals surface area contributed by atoms with Gasteiger partial charge in [-0.3, -0.25) is 14.9 Å². The van der Waals surface area contributed by atoms with Crippen molar-refractivity contribution < 1.29 is 23.9 Å². The van der Waals surface area contributed by atoms with Gasteiger partial charge in [0.15, 0.2) is 0 Å². The number of hydrogen-bond donors (Lipinski definition) is 3. The molecule has 0 saturated carbocycles. The zero-order valence-electron chi connectivity index (χ0n) is 19.3. The van der Waals surface area contributed by atoms with Crippen molar-refractivity contribution in [2.45, 2.75) is 25.4 Å². The molecule has 184 valence electrons. The third-order valence-electron chi connectivity index (χ3n) is 5.13. The van der Waals surface area contributed by atoms with Crippen LogP contribution in [-0.2, 0) is 25.6 Å². The van der Waals surface area contributed by atoms with E-state index in [-0.39, 0.29) is 31.9 Å². The van der Waals surface area contributed by atoms with Gasteiger partial charge in [0.1, 0.15) is 12.4 Å². The topological polar surface area (TPSA) is 119 Å². The van der Waals surface area contributed by atoms with Crippen LogP contribution in [0, 0.1) is 0 Å². The number of fused-ring (bicyclic) bond motifs is 1. The summed E-state index contributed by atoms with van der Waals surface area (Å²) in [5, 5.41) is 10.8. The summed E-state index contributed by atoms with van der Waals surface area (Å²) in [7, 11) is 1.29. The maximum atomic E-state index is 12.4. The average Bonchev–Trinajstić information content (AvgIpc) is 2.86. The van der Waals surface area contributed by atoms with Gasteiger partial charge in [0.25, 0.3) is 0 Å². The quantitative estimate of drug-likeness (QED) is 0.345. The predicted octanol–water partition coefficient (Wildman–Crippen LogP) is 3.66. The highest BCUT2D eigenvalue weighted by Crippen LogP contribution is 2.16. The van der Waals surface area contributed by atoms with E-state index in [1.54, 1.807) is 18.3 Å². The number of anilines is 1. The van der Waals surface area contributed by atoms with Gasteiger partial charge in [-0.2, -0.15) is 0 Å². The average molecular weight is 499 g/mol. The minimum Gasteiger partial charge on any atom is -0.469 e. The molecule has 0 fully saturated rings. The molecule has 3 rings (SSSR count). The van der Waals surface area contributed by atoms with E-state index in [1.165, 1.54) is 7.11 Å². The molecule has 0 aliphatic rings. The summed E-state index contributed by atoms with van der Waals surface area (Å²) in [5.74, 6) is -0.398. The van der Waals surface area contributed by atoms with Gasteiger partial charge in [0, 0.05) is 29.6 Å². The molecule has 0 radical (unpaired) electrons. The third kappa shape index (κ3) is 8.55. The summed E-state index contributed by atoms with van der Waals surface area (Å²) in [5.41, 5.74) is 0.867. The highest BCUT2D eigenvalue weighted by atomic mass is 35.5. The molecule has 10 heteroatoms. The van der Waals surface area contributed by atoms with E-state index >= 15 is 0 Å². The fraction of sp³-hybridized carbons (Fsp3) is 0.280. The van der Waals surface area contributed by atoms with Gasteiger partial charge in [-0.25, -0.2) is 9.78 Å². The molecule has 0 saturated heterocycles. The van der Waals surface area contributed by atoms with Crippen LogP contribution in [0.15, 0.2) is 60.8 Å². The largest absolute Gasteiger partial charge is 0.469 e. The van der Waals surface area contributed by atoms with Gasteiger partial charge in [0.2, 0.25) is 5.91 Å². The Labute approximate surface area is 208 Å². The molecule has 9 nitrogen and oxygen atoms in total. The lowest BCUT2D eigenvalue weighted by Crippen LogP contribution is -2.43. The first-order valence-electron chi connectivity index (χ1n) is 11.0. The molecule has 0 aliphatic heterocycles. The number of pyridine rings is 1. The second kappa shape index (κ2) is 13.3. The molecule has 0 unspecified atom stereocenters. The minimum absolute atomic E-state index is 0.0210. The number of ether oxygens (including phenoxy) is 2. The van der Waals surface area contributed by atoms with Crippen molar-refractivity contribution in [1.29, 1.82) is 0 Å². The molecular formula is C25H27ClN4O5. The zero-order valence-corrected chi connectivity index (χ0v) is 20.0. The van der Waals surface area contributed by atoms with E-state index in [0.717, 1.165) is 16.3 Å². The number of benzene rings is 2. The molecule has 2 amide bonds. The van der Waals surface area contributed by atoms with Gasteiger partial charge in [-0.1, -0.05) is 54.1 Å². The third-order valence-corrected chi connectivity index (χ3v) is 5.49. The first-order chi connectivity index (χ1) is 16.9. The van der Waals surface area contributed by atoms with E-state index in [9.17, 15) is 14.4 Å². The Morgan fingerprint density at radius 3 is 2.57 bits per heavy atom. The molecule has 2 aromatic carbocycles. The van der Waals surface area contributed by atoms with Gasteiger partial charge < -0.3 is 20.1 Å². The molecule has 3 aromatic rings. The van der Waals surface area contributed by atoms with E-state index in [1.807, 2.05) is 42.5 Å². The van der Waals surface area contributed by atoms with Gasteiger partial charge in [-0.15, -0.1) is 0 Å². The van der Waals surface area contributed by atoms with Crippen LogP contribution >= 0.6 is 11.6 Å². The second-order valence-corrected chi connectivity index (χ2v) is 8.12.